The van der Waals surface area contributed by atoms with Gasteiger partial charge in [0.05, 0.1) is 0 Å². The minimum absolute atomic E-state index is 0.0516. The molecule has 5 nitrogen and oxygen atoms in total. The molecule has 0 bridgehead atoms. The smallest absolute Gasteiger partial charge is 0.223 e. The number of anilines is 1. The van der Waals surface area contributed by atoms with Crippen LogP contribution in [0, 0.1) is 11.3 Å². The molecule has 1 saturated carbocycles. The van der Waals surface area contributed by atoms with Crippen molar-refractivity contribution >= 4 is 17.5 Å². The van der Waals surface area contributed by atoms with E-state index in [2.05, 4.69) is 88.3 Å². The Labute approximate surface area is 220 Å². The summed E-state index contributed by atoms with van der Waals surface area (Å²) in [5.41, 5.74) is 4.88. The SMILES string of the molecule is CC(=O)Nc1ccc(CN2CCC3(CC2)CC3C(=O)NCCC(c2ccccc2)c2ccccc2)cc1. The van der Waals surface area contributed by atoms with Crippen molar-refractivity contribution in [3.8, 4) is 0 Å². The molecule has 3 aromatic rings. The van der Waals surface area contributed by atoms with Gasteiger partial charge in [-0.3, -0.25) is 14.5 Å². The minimum atomic E-state index is -0.0516. The average Bonchev–Trinajstić information content (AvgIpc) is 3.63. The summed E-state index contributed by atoms with van der Waals surface area (Å²) in [5, 5.41) is 6.09. The molecule has 1 spiro atoms. The molecule has 3 aromatic carbocycles. The van der Waals surface area contributed by atoms with Crippen LogP contribution in [0.3, 0.4) is 0 Å². The second kappa shape index (κ2) is 11.3. The number of amides is 2. The van der Waals surface area contributed by atoms with Crippen molar-refractivity contribution < 1.29 is 9.59 Å². The Balaban J connectivity index is 1.08. The van der Waals surface area contributed by atoms with E-state index in [0.29, 0.717) is 6.54 Å². The van der Waals surface area contributed by atoms with Crippen molar-refractivity contribution in [1.29, 1.82) is 0 Å². The molecule has 0 radical (unpaired) electrons. The second-order valence-corrected chi connectivity index (χ2v) is 10.7. The van der Waals surface area contributed by atoms with Gasteiger partial charge in [-0.2, -0.15) is 0 Å². The van der Waals surface area contributed by atoms with Gasteiger partial charge < -0.3 is 10.6 Å². The van der Waals surface area contributed by atoms with Crippen LogP contribution in [-0.2, 0) is 16.1 Å². The highest BCUT2D eigenvalue weighted by molar-refractivity contribution is 5.88. The van der Waals surface area contributed by atoms with Gasteiger partial charge in [0.25, 0.3) is 0 Å². The fourth-order valence-corrected chi connectivity index (χ4v) is 5.94. The molecule has 1 aliphatic carbocycles. The van der Waals surface area contributed by atoms with Crippen LogP contribution >= 0.6 is 0 Å². The third kappa shape index (κ3) is 6.28. The Kier molecular flexibility index (Phi) is 7.71. The van der Waals surface area contributed by atoms with Crippen molar-refractivity contribution in [3.63, 3.8) is 0 Å². The highest BCUT2D eigenvalue weighted by atomic mass is 16.2. The number of benzene rings is 3. The summed E-state index contributed by atoms with van der Waals surface area (Å²) in [6.45, 7) is 5.19. The van der Waals surface area contributed by atoms with Crippen LogP contribution in [0.2, 0.25) is 0 Å². The van der Waals surface area contributed by atoms with E-state index in [9.17, 15) is 9.59 Å². The van der Waals surface area contributed by atoms with E-state index in [4.69, 9.17) is 0 Å². The number of carbonyl (C=O) groups excluding carboxylic acids is 2. The molecule has 1 saturated heterocycles. The molecule has 192 valence electrons. The van der Waals surface area contributed by atoms with Crippen LogP contribution in [-0.4, -0.2) is 36.3 Å². The first kappa shape index (κ1) is 25.2. The van der Waals surface area contributed by atoms with E-state index in [1.54, 1.807) is 0 Å². The average molecular weight is 496 g/mol. The molecule has 1 atom stereocenters. The predicted molar refractivity (Wildman–Crippen MR) is 148 cm³/mol. The second-order valence-electron chi connectivity index (χ2n) is 10.7. The number of piperidine rings is 1. The van der Waals surface area contributed by atoms with Crippen molar-refractivity contribution in [2.24, 2.45) is 11.3 Å². The predicted octanol–water partition coefficient (Wildman–Crippen LogP) is 5.59. The van der Waals surface area contributed by atoms with Crippen LogP contribution in [0.5, 0.6) is 0 Å². The van der Waals surface area contributed by atoms with E-state index in [-0.39, 0.29) is 29.1 Å². The summed E-state index contributed by atoms with van der Waals surface area (Å²) in [7, 11) is 0. The first-order valence-electron chi connectivity index (χ1n) is 13.5. The maximum atomic E-state index is 13.1. The zero-order chi connectivity index (χ0) is 25.7. The van der Waals surface area contributed by atoms with Gasteiger partial charge in [-0.25, -0.2) is 0 Å². The zero-order valence-corrected chi connectivity index (χ0v) is 21.7. The summed E-state index contributed by atoms with van der Waals surface area (Å²) in [6.07, 6.45) is 4.10. The molecular weight excluding hydrogens is 458 g/mol. The van der Waals surface area contributed by atoms with Crippen molar-refractivity contribution in [2.75, 3.05) is 25.0 Å². The van der Waals surface area contributed by atoms with Crippen LogP contribution in [0.15, 0.2) is 84.9 Å². The van der Waals surface area contributed by atoms with Gasteiger partial charge in [-0.1, -0.05) is 72.8 Å². The maximum Gasteiger partial charge on any atom is 0.223 e. The number of carbonyl (C=O) groups is 2. The maximum absolute atomic E-state index is 13.1. The minimum Gasteiger partial charge on any atom is -0.356 e. The van der Waals surface area contributed by atoms with Crippen LogP contribution in [0.1, 0.15) is 55.2 Å². The lowest BCUT2D eigenvalue weighted by Crippen LogP contribution is -2.37. The molecule has 0 aromatic heterocycles. The molecule has 37 heavy (non-hydrogen) atoms. The van der Waals surface area contributed by atoms with Gasteiger partial charge in [-0.15, -0.1) is 0 Å². The summed E-state index contributed by atoms with van der Waals surface area (Å²) < 4.78 is 0. The number of nitrogens with zero attached hydrogens (tertiary/aromatic N) is 1. The Morgan fingerprint density at radius 1 is 0.892 bits per heavy atom. The first-order valence-corrected chi connectivity index (χ1v) is 13.5. The number of hydrogen-bond donors (Lipinski definition) is 2. The normalized spacial score (nSPS) is 18.5. The van der Waals surface area contributed by atoms with Gasteiger partial charge in [-0.05, 0) is 73.0 Å². The van der Waals surface area contributed by atoms with Gasteiger partial charge in [0.1, 0.15) is 0 Å². The highest BCUT2D eigenvalue weighted by Crippen LogP contribution is 2.59. The molecule has 5 rings (SSSR count). The lowest BCUT2D eigenvalue weighted by atomic mass is 9.88. The largest absolute Gasteiger partial charge is 0.356 e. The lowest BCUT2D eigenvalue weighted by Gasteiger charge is -2.33. The monoisotopic (exact) mass is 495 g/mol. The Morgan fingerprint density at radius 3 is 2.05 bits per heavy atom. The molecular formula is C32H37N3O2. The number of nitrogens with one attached hydrogen (secondary N) is 2. The highest BCUT2D eigenvalue weighted by Gasteiger charge is 2.58. The van der Waals surface area contributed by atoms with Gasteiger partial charge in [0.2, 0.25) is 11.8 Å². The van der Waals surface area contributed by atoms with Gasteiger partial charge in [0, 0.05) is 37.5 Å². The molecule has 2 amide bonds. The molecule has 2 N–H and O–H groups in total. The molecule has 2 fully saturated rings. The van der Waals surface area contributed by atoms with Crippen molar-refractivity contribution in [1.82, 2.24) is 10.2 Å². The van der Waals surface area contributed by atoms with E-state index < -0.39 is 0 Å². The summed E-state index contributed by atoms with van der Waals surface area (Å²) >= 11 is 0. The Bertz CT molecular complexity index is 1150. The first-order chi connectivity index (χ1) is 18.0. The molecule has 5 heteroatoms. The number of likely N-dealkylation sites (tertiary alicyclic amines) is 1. The van der Waals surface area contributed by atoms with Crippen LogP contribution in [0.25, 0.3) is 0 Å². The van der Waals surface area contributed by atoms with Crippen LogP contribution in [0.4, 0.5) is 5.69 Å². The van der Waals surface area contributed by atoms with Crippen molar-refractivity contribution in [2.45, 2.75) is 45.1 Å². The van der Waals surface area contributed by atoms with E-state index in [1.807, 2.05) is 12.1 Å². The van der Waals surface area contributed by atoms with E-state index >= 15 is 0 Å². The molecule has 1 aliphatic heterocycles. The standard InChI is InChI=1S/C32H37N3O2/c1-24(36)34-28-14-12-25(13-15-28)23-35-20-17-32(18-21-35)22-30(32)31(37)33-19-16-29(26-8-4-2-5-9-26)27-10-6-3-7-11-27/h2-15,29-30H,16-23H2,1H3,(H,33,37)(H,34,36). The quantitative estimate of drug-likeness (QED) is 0.407. The number of hydrogen-bond acceptors (Lipinski definition) is 3. The number of rotatable bonds is 9. The third-order valence-corrected chi connectivity index (χ3v) is 8.17. The Hall–Kier alpha value is -3.44. The van der Waals surface area contributed by atoms with E-state index in [1.165, 1.54) is 23.6 Å². The van der Waals surface area contributed by atoms with Gasteiger partial charge in [0.15, 0.2) is 0 Å². The van der Waals surface area contributed by atoms with Gasteiger partial charge >= 0.3 is 0 Å². The fraction of sp³-hybridized carbons (Fsp3) is 0.375. The third-order valence-electron chi connectivity index (χ3n) is 8.17. The molecule has 2 aliphatic rings. The zero-order valence-electron chi connectivity index (χ0n) is 21.7. The Morgan fingerprint density at radius 2 is 1.49 bits per heavy atom. The van der Waals surface area contributed by atoms with E-state index in [0.717, 1.165) is 51.0 Å². The topological polar surface area (TPSA) is 61.4 Å². The molecule has 1 heterocycles. The van der Waals surface area contributed by atoms with Crippen LogP contribution < -0.4 is 10.6 Å². The fourth-order valence-electron chi connectivity index (χ4n) is 5.94. The molecule has 1 unspecified atom stereocenters. The summed E-state index contributed by atoms with van der Waals surface area (Å²) in [5.74, 6) is 0.635. The lowest BCUT2D eigenvalue weighted by molar-refractivity contribution is -0.123. The summed E-state index contributed by atoms with van der Waals surface area (Å²) in [4.78, 5) is 26.8. The summed E-state index contributed by atoms with van der Waals surface area (Å²) in [6, 6.07) is 29.3. The van der Waals surface area contributed by atoms with Crippen molar-refractivity contribution in [3.05, 3.63) is 102 Å².